The van der Waals surface area contributed by atoms with Gasteiger partial charge in [0.25, 0.3) is 0 Å². The van der Waals surface area contributed by atoms with E-state index in [1.165, 1.54) is 5.57 Å². The van der Waals surface area contributed by atoms with Crippen LogP contribution in [0.5, 0.6) is 0 Å². The van der Waals surface area contributed by atoms with Crippen LogP contribution in [0.15, 0.2) is 29.3 Å². The van der Waals surface area contributed by atoms with E-state index < -0.39 is 0 Å². The molecule has 0 radical (unpaired) electrons. The zero-order chi connectivity index (χ0) is 8.69. The first kappa shape index (κ1) is 10.1. The second kappa shape index (κ2) is 5.86. The summed E-state index contributed by atoms with van der Waals surface area (Å²) in [6.45, 7) is 4.54. The van der Waals surface area contributed by atoms with Crippen LogP contribution in [-0.2, 0) is 0 Å². The van der Waals surface area contributed by atoms with Crippen LogP contribution < -0.4 is 0 Å². The molecule has 0 unspecified atom stereocenters. The highest BCUT2D eigenvalue weighted by molar-refractivity contribution is 5.79. The number of rotatable bonds is 4. The van der Waals surface area contributed by atoms with E-state index >= 15 is 0 Å². The zero-order valence-electron chi connectivity index (χ0n) is 7.54. The fourth-order valence-corrected chi connectivity index (χ4v) is 0.819. The molecule has 0 saturated carbocycles. The Balaban J connectivity index is 4.11. The van der Waals surface area contributed by atoms with Gasteiger partial charge in [0, 0.05) is 19.8 Å². The Labute approximate surface area is 68.9 Å². The van der Waals surface area contributed by atoms with Gasteiger partial charge in [0.1, 0.15) is 0 Å². The number of allylic oxidation sites excluding steroid dienone is 2. The lowest BCUT2D eigenvalue weighted by Crippen LogP contribution is -2.15. The number of hydrogen-bond donors (Lipinski definition) is 0. The Kier molecular flexibility index (Phi) is 5.39. The summed E-state index contributed by atoms with van der Waals surface area (Å²) < 4.78 is 0. The molecule has 0 atom stereocenters. The fraction of sp³-hybridized carbons (Fsp3) is 0.444. The van der Waals surface area contributed by atoms with Gasteiger partial charge in [0.2, 0.25) is 0 Å². The van der Waals surface area contributed by atoms with Crippen molar-refractivity contribution < 1.29 is 0 Å². The molecule has 62 valence electrons. The molecule has 0 saturated heterocycles. The summed E-state index contributed by atoms with van der Waals surface area (Å²) in [6.07, 6.45) is 5.59. The Morgan fingerprint density at radius 3 is 2.55 bits per heavy atom. The second-order valence-corrected chi connectivity index (χ2v) is 2.60. The van der Waals surface area contributed by atoms with Crippen LogP contribution >= 0.6 is 0 Å². The predicted molar refractivity (Wildman–Crippen MR) is 51.3 cm³/mol. The van der Waals surface area contributed by atoms with Crippen molar-refractivity contribution in [2.24, 2.45) is 4.99 Å². The normalized spacial score (nSPS) is 12.9. The van der Waals surface area contributed by atoms with E-state index in [-0.39, 0.29) is 0 Å². The van der Waals surface area contributed by atoms with Crippen LogP contribution in [0.4, 0.5) is 0 Å². The van der Waals surface area contributed by atoms with Crippen LogP contribution in [0.2, 0.25) is 0 Å². The Morgan fingerprint density at radius 1 is 1.55 bits per heavy atom. The molecular formula is C9H16N2. The van der Waals surface area contributed by atoms with Gasteiger partial charge in [0.15, 0.2) is 0 Å². The maximum absolute atomic E-state index is 3.94. The minimum Gasteiger partial charge on any atom is -0.305 e. The van der Waals surface area contributed by atoms with E-state index in [0.717, 1.165) is 6.54 Å². The molecule has 0 bridgehead atoms. The Morgan fingerprint density at radius 2 is 2.18 bits per heavy atom. The Bertz CT molecular complexity index is 166. The van der Waals surface area contributed by atoms with Gasteiger partial charge in [-0.1, -0.05) is 18.7 Å². The molecule has 0 aliphatic carbocycles. The predicted octanol–water partition coefficient (Wildman–Crippen LogP) is 1.36. The van der Waals surface area contributed by atoms with E-state index in [0.29, 0.717) is 0 Å². The quantitative estimate of drug-likeness (QED) is 0.438. The summed E-state index contributed by atoms with van der Waals surface area (Å²) >= 11 is 0. The molecule has 0 aliphatic rings. The van der Waals surface area contributed by atoms with Crippen LogP contribution in [0.1, 0.15) is 0 Å². The molecule has 2 nitrogen and oxygen atoms in total. The zero-order valence-corrected chi connectivity index (χ0v) is 7.54. The van der Waals surface area contributed by atoms with Crippen molar-refractivity contribution in [1.82, 2.24) is 4.90 Å². The van der Waals surface area contributed by atoms with Gasteiger partial charge in [-0.3, -0.25) is 4.99 Å². The summed E-state index contributed by atoms with van der Waals surface area (Å²) in [5.41, 5.74) is 1.17. The third kappa shape index (κ3) is 5.55. The number of nitrogens with zero attached hydrogens (tertiary/aromatic N) is 2. The summed E-state index contributed by atoms with van der Waals surface area (Å²) in [4.78, 5) is 6.03. The monoisotopic (exact) mass is 152 g/mol. The SMILES string of the molecule is C=C/C=C(\C=NC)CN(C)C. The second-order valence-electron chi connectivity index (χ2n) is 2.60. The molecule has 0 fully saturated rings. The van der Waals surface area contributed by atoms with Gasteiger partial charge in [0.05, 0.1) is 0 Å². The molecule has 0 rings (SSSR count). The number of likely N-dealkylation sites (N-methyl/N-ethyl adjacent to an activating group) is 1. The van der Waals surface area contributed by atoms with Gasteiger partial charge in [-0.15, -0.1) is 0 Å². The molecule has 0 spiro atoms. The van der Waals surface area contributed by atoms with Gasteiger partial charge in [-0.05, 0) is 19.7 Å². The smallest absolute Gasteiger partial charge is 0.0277 e. The summed E-state index contributed by atoms with van der Waals surface area (Å²) in [5, 5.41) is 0. The van der Waals surface area contributed by atoms with E-state index in [4.69, 9.17) is 0 Å². The molecular weight excluding hydrogens is 136 g/mol. The molecule has 0 aromatic carbocycles. The summed E-state index contributed by atoms with van der Waals surface area (Å²) in [5.74, 6) is 0. The maximum Gasteiger partial charge on any atom is 0.0277 e. The lowest BCUT2D eigenvalue weighted by molar-refractivity contribution is 0.451. The van der Waals surface area contributed by atoms with E-state index in [1.807, 2.05) is 26.4 Å². The highest BCUT2D eigenvalue weighted by atomic mass is 15.0. The maximum atomic E-state index is 3.94. The van der Waals surface area contributed by atoms with Gasteiger partial charge < -0.3 is 4.90 Å². The molecule has 0 amide bonds. The van der Waals surface area contributed by atoms with Crippen molar-refractivity contribution in [3.63, 3.8) is 0 Å². The van der Waals surface area contributed by atoms with Crippen LogP contribution in [0.3, 0.4) is 0 Å². The van der Waals surface area contributed by atoms with Gasteiger partial charge in [-0.2, -0.15) is 0 Å². The van der Waals surface area contributed by atoms with Crippen LogP contribution in [-0.4, -0.2) is 38.8 Å². The van der Waals surface area contributed by atoms with Crippen molar-refractivity contribution in [2.75, 3.05) is 27.7 Å². The molecule has 0 aliphatic heterocycles. The number of aliphatic imine (C=N–C) groups is 1. The van der Waals surface area contributed by atoms with Gasteiger partial charge >= 0.3 is 0 Å². The molecule has 0 heterocycles. The molecule has 11 heavy (non-hydrogen) atoms. The first-order valence-corrected chi connectivity index (χ1v) is 3.59. The molecule has 0 aromatic rings. The average Bonchev–Trinajstić information content (AvgIpc) is 1.87. The van der Waals surface area contributed by atoms with Crippen LogP contribution in [0.25, 0.3) is 0 Å². The molecule has 0 aromatic heterocycles. The molecule has 2 heteroatoms. The first-order chi connectivity index (χ1) is 5.20. The third-order valence-corrected chi connectivity index (χ3v) is 1.13. The van der Waals surface area contributed by atoms with E-state index in [1.54, 1.807) is 13.1 Å². The van der Waals surface area contributed by atoms with E-state index in [9.17, 15) is 0 Å². The third-order valence-electron chi connectivity index (χ3n) is 1.13. The van der Waals surface area contributed by atoms with Crippen molar-refractivity contribution in [1.29, 1.82) is 0 Å². The fourth-order valence-electron chi connectivity index (χ4n) is 0.819. The number of hydrogen-bond acceptors (Lipinski definition) is 2. The molecule has 0 N–H and O–H groups in total. The summed E-state index contributed by atoms with van der Waals surface area (Å²) in [7, 11) is 5.83. The highest BCUT2D eigenvalue weighted by Gasteiger charge is 1.92. The lowest BCUT2D eigenvalue weighted by Gasteiger charge is -2.08. The van der Waals surface area contributed by atoms with Crippen molar-refractivity contribution >= 4 is 6.21 Å². The summed E-state index contributed by atoms with van der Waals surface area (Å²) in [6, 6.07) is 0. The van der Waals surface area contributed by atoms with Crippen molar-refractivity contribution in [3.8, 4) is 0 Å². The van der Waals surface area contributed by atoms with Crippen molar-refractivity contribution in [2.45, 2.75) is 0 Å². The van der Waals surface area contributed by atoms with Gasteiger partial charge in [-0.25, -0.2) is 0 Å². The largest absolute Gasteiger partial charge is 0.305 e. The lowest BCUT2D eigenvalue weighted by atomic mass is 10.2. The standard InChI is InChI=1S/C9H16N2/c1-5-6-9(7-10-2)8-11(3)4/h5-7H,1,8H2,2-4H3/b9-6+,10-7?. The topological polar surface area (TPSA) is 15.6 Å². The minimum absolute atomic E-state index is 0.906. The first-order valence-electron chi connectivity index (χ1n) is 3.59. The van der Waals surface area contributed by atoms with E-state index in [2.05, 4.69) is 16.5 Å². The van der Waals surface area contributed by atoms with Crippen LogP contribution in [0, 0.1) is 0 Å². The van der Waals surface area contributed by atoms with Crippen molar-refractivity contribution in [3.05, 3.63) is 24.3 Å². The highest BCUT2D eigenvalue weighted by Crippen LogP contribution is 1.92. The Hall–Kier alpha value is -0.890. The minimum atomic E-state index is 0.906. The average molecular weight is 152 g/mol.